The van der Waals surface area contributed by atoms with Crippen LogP contribution in [0.2, 0.25) is 0 Å². The van der Waals surface area contributed by atoms with Crippen molar-refractivity contribution in [2.45, 2.75) is 40.5 Å². The van der Waals surface area contributed by atoms with Crippen LogP contribution in [0.25, 0.3) is 5.65 Å². The Morgan fingerprint density at radius 1 is 1.04 bits per heavy atom. The molecule has 3 rings (SSSR count). The van der Waals surface area contributed by atoms with Crippen LogP contribution in [-0.2, 0) is 0 Å². The minimum absolute atomic E-state index is 0.860. The van der Waals surface area contributed by atoms with Gasteiger partial charge in [-0.25, -0.2) is 4.98 Å². The minimum atomic E-state index is 0.860. The highest BCUT2D eigenvalue weighted by Gasteiger charge is 2.19. The van der Waals surface area contributed by atoms with E-state index in [9.17, 15) is 0 Å². The van der Waals surface area contributed by atoms with Crippen LogP contribution in [-0.4, -0.2) is 41.8 Å². The van der Waals surface area contributed by atoms with Gasteiger partial charge in [0.1, 0.15) is 11.6 Å². The van der Waals surface area contributed by atoms with Gasteiger partial charge in [0.25, 0.3) is 0 Å². The molecule has 6 nitrogen and oxygen atoms in total. The molecule has 0 aliphatic rings. The SMILES string of the molecule is CCCN(CCC)c1c(C)c(Nc2ccc(C)cc2N(C)C)nc2ccnn12. The molecule has 0 atom stereocenters. The Hall–Kier alpha value is -2.76. The second-order valence-corrected chi connectivity index (χ2v) is 7.54. The fraction of sp³-hybridized carbons (Fsp3) is 0.455. The molecule has 0 unspecified atom stereocenters. The van der Waals surface area contributed by atoms with Crippen molar-refractivity contribution in [2.75, 3.05) is 42.3 Å². The maximum absolute atomic E-state index is 4.86. The minimum Gasteiger partial charge on any atom is -0.376 e. The zero-order chi connectivity index (χ0) is 20.3. The summed E-state index contributed by atoms with van der Waals surface area (Å²) in [6.07, 6.45) is 4.01. The van der Waals surface area contributed by atoms with E-state index in [4.69, 9.17) is 4.98 Å². The Morgan fingerprint density at radius 2 is 1.75 bits per heavy atom. The average molecular weight is 381 g/mol. The van der Waals surface area contributed by atoms with Gasteiger partial charge in [-0.3, -0.25) is 0 Å². The molecular weight excluding hydrogens is 348 g/mol. The van der Waals surface area contributed by atoms with Crippen LogP contribution in [0.1, 0.15) is 37.8 Å². The molecule has 2 aromatic heterocycles. The van der Waals surface area contributed by atoms with E-state index in [0.717, 1.165) is 60.2 Å². The number of anilines is 4. The number of aromatic nitrogens is 3. The average Bonchev–Trinajstić information content (AvgIpc) is 3.11. The number of rotatable bonds is 8. The largest absolute Gasteiger partial charge is 0.376 e. The molecule has 0 bridgehead atoms. The van der Waals surface area contributed by atoms with Crippen molar-refractivity contribution in [2.24, 2.45) is 0 Å². The number of hydrogen-bond acceptors (Lipinski definition) is 5. The summed E-state index contributed by atoms with van der Waals surface area (Å²) in [5.74, 6) is 2.01. The van der Waals surface area contributed by atoms with Gasteiger partial charge in [-0.15, -0.1) is 0 Å². The third-order valence-electron chi connectivity index (χ3n) is 4.92. The van der Waals surface area contributed by atoms with Crippen LogP contribution in [0.5, 0.6) is 0 Å². The molecule has 6 heteroatoms. The van der Waals surface area contributed by atoms with Crippen molar-refractivity contribution in [1.82, 2.24) is 14.6 Å². The summed E-state index contributed by atoms with van der Waals surface area (Å²) in [5, 5.41) is 8.14. The van der Waals surface area contributed by atoms with E-state index in [0.29, 0.717) is 0 Å². The summed E-state index contributed by atoms with van der Waals surface area (Å²) in [5.41, 5.74) is 5.42. The number of nitrogens with one attached hydrogen (secondary N) is 1. The molecule has 0 fully saturated rings. The van der Waals surface area contributed by atoms with Gasteiger partial charge in [0, 0.05) is 38.8 Å². The van der Waals surface area contributed by atoms with Crippen LogP contribution >= 0.6 is 0 Å². The first-order valence-corrected chi connectivity index (χ1v) is 10.1. The smallest absolute Gasteiger partial charge is 0.159 e. The lowest BCUT2D eigenvalue weighted by atomic mass is 10.1. The third-order valence-corrected chi connectivity index (χ3v) is 4.92. The summed E-state index contributed by atoms with van der Waals surface area (Å²) in [4.78, 5) is 9.41. The Kier molecular flexibility index (Phi) is 6.07. The zero-order valence-electron chi connectivity index (χ0n) is 18.0. The molecule has 0 aliphatic carbocycles. The fourth-order valence-electron chi connectivity index (χ4n) is 3.61. The molecule has 0 aliphatic heterocycles. The lowest BCUT2D eigenvalue weighted by Crippen LogP contribution is -2.28. The van der Waals surface area contributed by atoms with Gasteiger partial charge in [0.2, 0.25) is 0 Å². The molecule has 0 saturated heterocycles. The number of fused-ring (bicyclic) bond motifs is 1. The molecule has 0 saturated carbocycles. The highest BCUT2D eigenvalue weighted by molar-refractivity contribution is 5.78. The zero-order valence-corrected chi connectivity index (χ0v) is 18.0. The number of hydrogen-bond donors (Lipinski definition) is 1. The van der Waals surface area contributed by atoms with Gasteiger partial charge < -0.3 is 15.1 Å². The molecule has 0 spiro atoms. The molecule has 150 valence electrons. The lowest BCUT2D eigenvalue weighted by molar-refractivity contribution is 0.712. The van der Waals surface area contributed by atoms with Crippen molar-refractivity contribution in [3.8, 4) is 0 Å². The van der Waals surface area contributed by atoms with Crippen LogP contribution in [0.3, 0.4) is 0 Å². The fourth-order valence-corrected chi connectivity index (χ4v) is 3.61. The Balaban J connectivity index is 2.12. The van der Waals surface area contributed by atoms with E-state index in [2.05, 4.69) is 80.2 Å². The monoisotopic (exact) mass is 380 g/mol. The standard InChI is InChI=1S/C22H32N6/c1-7-13-27(14-8-2)22-17(4)21(25-20-11-12-23-28(20)22)24-18-10-9-16(3)15-19(18)26(5)6/h9-12,15H,7-8,13-14H2,1-6H3,(H,24,25). The topological polar surface area (TPSA) is 48.7 Å². The van der Waals surface area contributed by atoms with E-state index in [1.165, 1.54) is 5.56 Å². The highest BCUT2D eigenvalue weighted by Crippen LogP contribution is 2.33. The molecular formula is C22H32N6. The summed E-state index contributed by atoms with van der Waals surface area (Å²) in [7, 11) is 4.13. The first-order chi connectivity index (χ1) is 13.5. The van der Waals surface area contributed by atoms with Crippen molar-refractivity contribution in [3.63, 3.8) is 0 Å². The number of aryl methyl sites for hydroxylation is 1. The van der Waals surface area contributed by atoms with Crippen LogP contribution in [0.15, 0.2) is 30.5 Å². The van der Waals surface area contributed by atoms with Crippen LogP contribution in [0.4, 0.5) is 23.0 Å². The van der Waals surface area contributed by atoms with E-state index >= 15 is 0 Å². The third kappa shape index (κ3) is 3.91. The Bertz CT molecular complexity index is 938. The molecule has 0 amide bonds. The second kappa shape index (κ2) is 8.50. The maximum Gasteiger partial charge on any atom is 0.159 e. The van der Waals surface area contributed by atoms with Gasteiger partial charge in [-0.1, -0.05) is 19.9 Å². The number of benzene rings is 1. The van der Waals surface area contributed by atoms with Gasteiger partial charge in [0.15, 0.2) is 5.65 Å². The van der Waals surface area contributed by atoms with Gasteiger partial charge in [-0.05, 0) is 44.4 Å². The molecule has 0 radical (unpaired) electrons. The lowest BCUT2D eigenvalue weighted by Gasteiger charge is -2.27. The van der Waals surface area contributed by atoms with Crippen molar-refractivity contribution in [3.05, 3.63) is 41.6 Å². The Labute approximate surface area is 168 Å². The summed E-state index contributed by atoms with van der Waals surface area (Å²) >= 11 is 0. The number of nitrogens with zero attached hydrogens (tertiary/aromatic N) is 5. The molecule has 28 heavy (non-hydrogen) atoms. The van der Waals surface area contributed by atoms with E-state index in [-0.39, 0.29) is 0 Å². The summed E-state index contributed by atoms with van der Waals surface area (Å²) in [6.45, 7) is 10.7. The predicted octanol–water partition coefficient (Wildman–Crippen LogP) is 4.78. The van der Waals surface area contributed by atoms with E-state index in [1.54, 1.807) is 0 Å². The molecule has 1 N–H and O–H groups in total. The first kappa shape index (κ1) is 20.0. The normalized spacial score (nSPS) is 11.1. The highest BCUT2D eigenvalue weighted by atomic mass is 15.4. The van der Waals surface area contributed by atoms with Crippen LogP contribution in [0, 0.1) is 13.8 Å². The maximum atomic E-state index is 4.86. The van der Waals surface area contributed by atoms with Gasteiger partial charge >= 0.3 is 0 Å². The van der Waals surface area contributed by atoms with E-state index < -0.39 is 0 Å². The summed E-state index contributed by atoms with van der Waals surface area (Å²) in [6, 6.07) is 8.41. The van der Waals surface area contributed by atoms with Crippen molar-refractivity contribution >= 4 is 28.7 Å². The Morgan fingerprint density at radius 3 is 2.39 bits per heavy atom. The quantitative estimate of drug-likeness (QED) is 0.609. The summed E-state index contributed by atoms with van der Waals surface area (Å²) < 4.78 is 1.97. The van der Waals surface area contributed by atoms with Gasteiger partial charge in [-0.2, -0.15) is 9.61 Å². The first-order valence-electron chi connectivity index (χ1n) is 10.1. The molecule has 1 aromatic carbocycles. The van der Waals surface area contributed by atoms with Crippen molar-refractivity contribution in [1.29, 1.82) is 0 Å². The van der Waals surface area contributed by atoms with E-state index in [1.807, 2.05) is 16.8 Å². The molecule has 3 aromatic rings. The van der Waals surface area contributed by atoms with Gasteiger partial charge in [0.05, 0.1) is 17.6 Å². The van der Waals surface area contributed by atoms with Crippen LogP contribution < -0.4 is 15.1 Å². The molecule has 2 heterocycles. The van der Waals surface area contributed by atoms with Crippen molar-refractivity contribution < 1.29 is 0 Å². The second-order valence-electron chi connectivity index (χ2n) is 7.54. The predicted molar refractivity (Wildman–Crippen MR) is 119 cm³/mol.